The monoisotopic (exact) mass is 524 g/mol. The number of benzene rings is 3. The molecule has 1 fully saturated rings. The van der Waals surface area contributed by atoms with Gasteiger partial charge in [0.1, 0.15) is 35.7 Å². The maximum Gasteiger partial charge on any atom is 0.270 e. The van der Waals surface area contributed by atoms with Crippen molar-refractivity contribution in [3.8, 4) is 17.2 Å². The number of anilines is 1. The molecule has 1 aliphatic rings. The van der Waals surface area contributed by atoms with E-state index in [2.05, 4.69) is 5.32 Å². The van der Waals surface area contributed by atoms with E-state index < -0.39 is 17.2 Å². The molecular formula is C29H20N2O6S. The number of amides is 2. The average Bonchev–Trinajstić information content (AvgIpc) is 2.92. The molecular weight excluding hydrogens is 504 g/mol. The van der Waals surface area contributed by atoms with E-state index in [-0.39, 0.29) is 28.8 Å². The van der Waals surface area contributed by atoms with Crippen LogP contribution in [0.5, 0.6) is 17.2 Å². The summed E-state index contributed by atoms with van der Waals surface area (Å²) in [6.45, 7) is 0.189. The van der Waals surface area contributed by atoms with Gasteiger partial charge >= 0.3 is 0 Å². The highest BCUT2D eigenvalue weighted by Crippen LogP contribution is 2.27. The number of hydrogen-bond acceptors (Lipinski definition) is 7. The van der Waals surface area contributed by atoms with Gasteiger partial charge in [-0.1, -0.05) is 48.5 Å². The number of carbonyl (C=O) groups excluding carboxylic acids is 2. The highest BCUT2D eigenvalue weighted by Gasteiger charge is 2.34. The second-order valence-corrected chi connectivity index (χ2v) is 8.54. The molecule has 0 saturated carbocycles. The minimum Gasteiger partial charge on any atom is -0.482 e. The third kappa shape index (κ3) is 5.53. The summed E-state index contributed by atoms with van der Waals surface area (Å²) < 4.78 is 16.8. The van der Waals surface area contributed by atoms with E-state index in [1.807, 2.05) is 60.7 Å². The van der Waals surface area contributed by atoms with Crippen LogP contribution < -0.4 is 25.1 Å². The third-order valence-electron chi connectivity index (χ3n) is 5.52. The third-order valence-corrected chi connectivity index (χ3v) is 5.80. The van der Waals surface area contributed by atoms with Crippen LogP contribution in [0.1, 0.15) is 11.3 Å². The summed E-state index contributed by atoms with van der Waals surface area (Å²) in [4.78, 5) is 39.6. The van der Waals surface area contributed by atoms with Crippen molar-refractivity contribution in [1.29, 1.82) is 0 Å². The van der Waals surface area contributed by atoms with E-state index in [9.17, 15) is 14.4 Å². The predicted molar refractivity (Wildman–Crippen MR) is 145 cm³/mol. The van der Waals surface area contributed by atoms with Crippen molar-refractivity contribution < 1.29 is 23.5 Å². The molecule has 0 spiro atoms. The average molecular weight is 525 g/mol. The molecule has 9 heteroatoms. The van der Waals surface area contributed by atoms with Gasteiger partial charge in [-0.3, -0.25) is 24.6 Å². The fourth-order valence-corrected chi connectivity index (χ4v) is 3.93. The number of thiocarbonyl (C=S) groups is 1. The zero-order valence-corrected chi connectivity index (χ0v) is 20.6. The van der Waals surface area contributed by atoms with E-state index in [0.29, 0.717) is 17.2 Å². The SMILES string of the molecule is O=C1NC(=S)N(c2ccc(Oc3ccccc3)cc2)C(=O)/C1=C/c1cc(=O)c(OCc2ccccc2)co1. The van der Waals surface area contributed by atoms with Crippen molar-refractivity contribution in [2.45, 2.75) is 6.61 Å². The lowest BCUT2D eigenvalue weighted by atomic mass is 10.1. The Balaban J connectivity index is 1.33. The molecule has 0 bridgehead atoms. The Morgan fingerprint density at radius 1 is 0.868 bits per heavy atom. The molecule has 1 aliphatic heterocycles. The summed E-state index contributed by atoms with van der Waals surface area (Å²) in [6, 6.07) is 26.4. The van der Waals surface area contributed by atoms with Gasteiger partial charge in [0, 0.05) is 6.07 Å². The Hall–Kier alpha value is -5.02. The topological polar surface area (TPSA) is 98.1 Å². The molecule has 3 aromatic carbocycles. The van der Waals surface area contributed by atoms with E-state index in [1.54, 1.807) is 24.3 Å². The zero-order chi connectivity index (χ0) is 26.5. The van der Waals surface area contributed by atoms with Crippen molar-refractivity contribution in [3.63, 3.8) is 0 Å². The minimum absolute atomic E-state index is 0.0102. The van der Waals surface area contributed by atoms with Gasteiger partial charge in [0.05, 0.1) is 5.69 Å². The number of hydrogen-bond donors (Lipinski definition) is 1. The number of rotatable bonds is 7. The van der Waals surface area contributed by atoms with Crippen LogP contribution in [0.4, 0.5) is 5.69 Å². The minimum atomic E-state index is -0.702. The largest absolute Gasteiger partial charge is 0.482 e. The molecule has 1 N–H and O–H groups in total. The number of carbonyl (C=O) groups is 2. The van der Waals surface area contributed by atoms with Gasteiger partial charge < -0.3 is 13.9 Å². The van der Waals surface area contributed by atoms with E-state index in [1.165, 1.54) is 11.0 Å². The molecule has 38 heavy (non-hydrogen) atoms. The van der Waals surface area contributed by atoms with Gasteiger partial charge in [0.25, 0.3) is 11.8 Å². The number of ether oxygens (including phenoxy) is 2. The van der Waals surface area contributed by atoms with Crippen LogP contribution in [0.25, 0.3) is 6.08 Å². The molecule has 0 radical (unpaired) electrons. The highest BCUT2D eigenvalue weighted by molar-refractivity contribution is 7.80. The molecule has 1 saturated heterocycles. The lowest BCUT2D eigenvalue weighted by molar-refractivity contribution is -0.122. The van der Waals surface area contributed by atoms with Gasteiger partial charge in [0.15, 0.2) is 5.11 Å². The quantitative estimate of drug-likeness (QED) is 0.210. The summed E-state index contributed by atoms with van der Waals surface area (Å²) in [5.74, 6) is -0.113. The number of para-hydroxylation sites is 1. The highest BCUT2D eigenvalue weighted by atomic mass is 32.1. The summed E-state index contributed by atoms with van der Waals surface area (Å²) in [5.41, 5.74) is 0.615. The van der Waals surface area contributed by atoms with Crippen LogP contribution in [0.15, 0.2) is 112 Å². The summed E-state index contributed by atoms with van der Waals surface area (Å²) >= 11 is 5.25. The molecule has 4 aromatic rings. The molecule has 5 rings (SSSR count). The van der Waals surface area contributed by atoms with Crippen LogP contribution in [0, 0.1) is 0 Å². The number of nitrogens with zero attached hydrogens (tertiary/aromatic N) is 1. The first-order valence-corrected chi connectivity index (χ1v) is 11.9. The Morgan fingerprint density at radius 3 is 2.21 bits per heavy atom. The molecule has 0 aliphatic carbocycles. The van der Waals surface area contributed by atoms with Gasteiger partial charge in [-0.15, -0.1) is 0 Å². The number of nitrogens with one attached hydrogen (secondary N) is 1. The zero-order valence-electron chi connectivity index (χ0n) is 19.8. The fraction of sp³-hybridized carbons (Fsp3) is 0.0345. The van der Waals surface area contributed by atoms with Crippen LogP contribution in [0.2, 0.25) is 0 Å². The summed E-state index contributed by atoms with van der Waals surface area (Å²) in [5, 5.41) is 2.43. The van der Waals surface area contributed by atoms with Crippen molar-refractivity contribution >= 4 is 40.9 Å². The molecule has 0 unspecified atom stereocenters. The second kappa shape index (κ2) is 10.9. The molecule has 2 heterocycles. The smallest absolute Gasteiger partial charge is 0.270 e. The first-order valence-electron chi connectivity index (χ1n) is 11.5. The Bertz CT molecular complexity index is 1580. The molecule has 8 nitrogen and oxygen atoms in total. The molecule has 0 atom stereocenters. The Labute approximate surface area is 222 Å². The molecule has 1 aromatic heterocycles. The fourth-order valence-electron chi connectivity index (χ4n) is 3.65. The van der Waals surface area contributed by atoms with Crippen LogP contribution in [-0.2, 0) is 16.2 Å². The normalized spacial score (nSPS) is 14.4. The second-order valence-electron chi connectivity index (χ2n) is 8.15. The van der Waals surface area contributed by atoms with Gasteiger partial charge in [0.2, 0.25) is 11.2 Å². The molecule has 188 valence electrons. The summed E-state index contributed by atoms with van der Waals surface area (Å²) in [7, 11) is 0. The Morgan fingerprint density at radius 2 is 1.53 bits per heavy atom. The van der Waals surface area contributed by atoms with Crippen LogP contribution >= 0.6 is 12.2 Å². The Kier molecular flexibility index (Phi) is 7.10. The molecule has 2 amide bonds. The lowest BCUT2D eigenvalue weighted by Gasteiger charge is -2.28. The van der Waals surface area contributed by atoms with E-state index in [0.717, 1.165) is 17.9 Å². The van der Waals surface area contributed by atoms with Crippen LogP contribution in [0.3, 0.4) is 0 Å². The van der Waals surface area contributed by atoms with E-state index in [4.69, 9.17) is 26.1 Å². The van der Waals surface area contributed by atoms with Gasteiger partial charge in [-0.2, -0.15) is 0 Å². The van der Waals surface area contributed by atoms with Crippen LogP contribution in [-0.4, -0.2) is 16.9 Å². The van der Waals surface area contributed by atoms with E-state index >= 15 is 0 Å². The predicted octanol–water partition coefficient (Wildman–Crippen LogP) is 4.84. The van der Waals surface area contributed by atoms with Crippen molar-refractivity contribution in [3.05, 3.63) is 124 Å². The van der Waals surface area contributed by atoms with Crippen molar-refractivity contribution in [1.82, 2.24) is 5.32 Å². The van der Waals surface area contributed by atoms with Gasteiger partial charge in [-0.25, -0.2) is 0 Å². The maximum atomic E-state index is 13.3. The maximum absolute atomic E-state index is 13.3. The first-order chi connectivity index (χ1) is 18.5. The summed E-state index contributed by atoms with van der Waals surface area (Å²) in [6.07, 6.45) is 2.35. The van der Waals surface area contributed by atoms with Crippen molar-refractivity contribution in [2.75, 3.05) is 4.90 Å². The first kappa shape index (κ1) is 24.7. The van der Waals surface area contributed by atoms with Crippen molar-refractivity contribution in [2.24, 2.45) is 0 Å². The van der Waals surface area contributed by atoms with Gasteiger partial charge in [-0.05, 0) is 60.3 Å². The standard InChI is InChI=1S/C29H20N2O6S/c32-25-16-23(35-18-26(25)36-17-19-7-3-1-4-8-19)15-24-27(33)30-29(38)31(28(24)34)20-11-13-22(14-12-20)37-21-9-5-2-6-10-21/h1-16,18H,17H2,(H,30,33,38)/b24-15+. The lowest BCUT2D eigenvalue weighted by Crippen LogP contribution is -2.54.